The minimum Gasteiger partial charge on any atom is -0.362 e. The van der Waals surface area contributed by atoms with Crippen molar-refractivity contribution in [3.63, 3.8) is 0 Å². The molecule has 4 rings (SSSR count). The van der Waals surface area contributed by atoms with Crippen molar-refractivity contribution in [2.75, 3.05) is 5.32 Å². The summed E-state index contributed by atoms with van der Waals surface area (Å²) in [5.74, 6) is -0.915. The summed E-state index contributed by atoms with van der Waals surface area (Å²) in [7, 11) is 0. The van der Waals surface area contributed by atoms with Crippen LogP contribution in [0.3, 0.4) is 0 Å². The van der Waals surface area contributed by atoms with Gasteiger partial charge in [-0.1, -0.05) is 43.7 Å². The molecule has 34 heavy (non-hydrogen) atoms. The monoisotopic (exact) mass is 459 g/mol. The Labute approximate surface area is 199 Å². The first kappa shape index (κ1) is 23.4. The fraction of sp³-hybridized carbons (Fsp3) is 0.333. The number of hydrogen-bond acceptors (Lipinski definition) is 5. The first-order chi connectivity index (χ1) is 16.0. The standard InChI is InChI=1S/C27H29N3O4/c1-15-6-11-20(16(2)12-15)29-26(32)23-17(3)28-21-13-27(4,5)14-22(31)25(21)24(23)18-7-9-19(10-8-18)30(33)34/h6-12,24,28H,13-14H2,1-5H3,(H,29,32)/t24-/m0/s1. The molecular formula is C27H29N3O4. The number of hydrogen-bond donors (Lipinski definition) is 2. The van der Waals surface area contributed by atoms with Crippen molar-refractivity contribution in [1.82, 2.24) is 5.32 Å². The number of non-ortho nitro benzene ring substituents is 1. The lowest BCUT2D eigenvalue weighted by Gasteiger charge is -2.39. The lowest BCUT2D eigenvalue weighted by Crippen LogP contribution is -2.39. The molecule has 0 fully saturated rings. The fourth-order valence-electron chi connectivity index (χ4n) is 5.00. The Hall–Kier alpha value is -3.74. The van der Waals surface area contributed by atoms with Crippen LogP contribution in [0.5, 0.6) is 0 Å². The van der Waals surface area contributed by atoms with Crippen molar-refractivity contribution in [2.24, 2.45) is 5.41 Å². The number of ketones is 1. The van der Waals surface area contributed by atoms with Gasteiger partial charge in [0, 0.05) is 52.7 Å². The number of aryl methyl sites for hydroxylation is 2. The molecule has 2 aromatic rings. The number of amides is 1. The van der Waals surface area contributed by atoms with E-state index in [0.717, 1.165) is 16.8 Å². The largest absolute Gasteiger partial charge is 0.362 e. The summed E-state index contributed by atoms with van der Waals surface area (Å²) < 4.78 is 0. The van der Waals surface area contributed by atoms with Gasteiger partial charge in [-0.25, -0.2) is 0 Å². The third kappa shape index (κ3) is 4.38. The van der Waals surface area contributed by atoms with E-state index in [2.05, 4.69) is 24.5 Å². The van der Waals surface area contributed by atoms with Gasteiger partial charge in [0.05, 0.1) is 4.92 Å². The molecule has 7 heteroatoms. The third-order valence-electron chi connectivity index (χ3n) is 6.55. The first-order valence-corrected chi connectivity index (χ1v) is 11.3. The Balaban J connectivity index is 1.81. The van der Waals surface area contributed by atoms with E-state index in [0.29, 0.717) is 40.9 Å². The van der Waals surface area contributed by atoms with E-state index in [1.54, 1.807) is 12.1 Å². The molecule has 0 bridgehead atoms. The van der Waals surface area contributed by atoms with Crippen molar-refractivity contribution >= 4 is 23.1 Å². The molecule has 0 radical (unpaired) electrons. The zero-order chi connectivity index (χ0) is 24.8. The number of rotatable bonds is 4. The van der Waals surface area contributed by atoms with Gasteiger partial charge in [0.1, 0.15) is 0 Å². The second-order valence-corrected chi connectivity index (χ2v) is 10.1. The summed E-state index contributed by atoms with van der Waals surface area (Å²) in [6.07, 6.45) is 1.06. The minimum atomic E-state index is -0.605. The van der Waals surface area contributed by atoms with Gasteiger partial charge in [-0.15, -0.1) is 0 Å². The van der Waals surface area contributed by atoms with Crippen LogP contribution < -0.4 is 10.6 Å². The van der Waals surface area contributed by atoms with Gasteiger partial charge >= 0.3 is 0 Å². The van der Waals surface area contributed by atoms with Crippen LogP contribution in [0.4, 0.5) is 11.4 Å². The Morgan fingerprint density at radius 2 is 1.76 bits per heavy atom. The van der Waals surface area contributed by atoms with E-state index in [1.165, 1.54) is 12.1 Å². The van der Waals surface area contributed by atoms with Gasteiger partial charge < -0.3 is 10.6 Å². The normalized spacial score (nSPS) is 19.4. The van der Waals surface area contributed by atoms with Crippen LogP contribution in [-0.2, 0) is 9.59 Å². The lowest BCUT2D eigenvalue weighted by molar-refractivity contribution is -0.384. The van der Waals surface area contributed by atoms with Crippen LogP contribution in [0.1, 0.15) is 56.2 Å². The van der Waals surface area contributed by atoms with E-state index in [9.17, 15) is 19.7 Å². The Kier molecular flexibility index (Phi) is 5.89. The number of dihydropyridines is 1. The van der Waals surface area contributed by atoms with Crippen molar-refractivity contribution in [3.05, 3.63) is 91.8 Å². The van der Waals surface area contributed by atoms with Crippen molar-refractivity contribution in [2.45, 2.75) is 53.4 Å². The topological polar surface area (TPSA) is 101 Å². The molecule has 1 aliphatic heterocycles. The molecule has 0 saturated heterocycles. The molecule has 1 aliphatic carbocycles. The summed E-state index contributed by atoms with van der Waals surface area (Å²) in [6, 6.07) is 11.9. The van der Waals surface area contributed by atoms with Crippen LogP contribution >= 0.6 is 0 Å². The predicted molar refractivity (Wildman–Crippen MR) is 131 cm³/mol. The molecule has 2 N–H and O–H groups in total. The van der Waals surface area contributed by atoms with Gasteiger partial charge in [-0.05, 0) is 49.8 Å². The summed E-state index contributed by atoms with van der Waals surface area (Å²) >= 11 is 0. The molecular weight excluding hydrogens is 430 g/mol. The number of carbonyl (C=O) groups excluding carboxylic acids is 2. The van der Waals surface area contributed by atoms with Crippen LogP contribution in [0.15, 0.2) is 65.0 Å². The van der Waals surface area contributed by atoms with E-state index in [1.807, 2.05) is 39.0 Å². The highest BCUT2D eigenvalue weighted by atomic mass is 16.6. The number of nitro benzene ring substituents is 1. The highest BCUT2D eigenvalue weighted by Crippen LogP contribution is 2.47. The Morgan fingerprint density at radius 1 is 1.09 bits per heavy atom. The van der Waals surface area contributed by atoms with Crippen LogP contribution in [-0.4, -0.2) is 16.6 Å². The molecule has 7 nitrogen and oxygen atoms in total. The van der Waals surface area contributed by atoms with E-state index < -0.39 is 10.8 Å². The summed E-state index contributed by atoms with van der Waals surface area (Å²) in [6.45, 7) is 9.87. The summed E-state index contributed by atoms with van der Waals surface area (Å²) in [5.41, 5.74) is 5.71. The average molecular weight is 460 g/mol. The second kappa shape index (κ2) is 8.56. The molecule has 176 valence electrons. The zero-order valence-electron chi connectivity index (χ0n) is 20.1. The Bertz CT molecular complexity index is 1270. The Morgan fingerprint density at radius 3 is 2.38 bits per heavy atom. The quantitative estimate of drug-likeness (QED) is 0.467. The highest BCUT2D eigenvalue weighted by Gasteiger charge is 2.42. The van der Waals surface area contributed by atoms with Gasteiger partial charge in [0.2, 0.25) is 0 Å². The van der Waals surface area contributed by atoms with Crippen molar-refractivity contribution < 1.29 is 14.5 Å². The van der Waals surface area contributed by atoms with E-state index >= 15 is 0 Å². The molecule has 0 aromatic heterocycles. The number of benzene rings is 2. The molecule has 1 heterocycles. The SMILES string of the molecule is CC1=C(C(=O)Nc2ccc(C)cc2C)[C@H](c2ccc([N+](=O)[O-])cc2)C2=C(CC(C)(C)CC2=O)N1. The number of Topliss-reactive ketones (excluding diaryl/α,β-unsaturated/α-hetero) is 1. The summed E-state index contributed by atoms with van der Waals surface area (Å²) in [4.78, 5) is 37.7. The molecule has 2 aliphatic rings. The number of nitro groups is 1. The fourth-order valence-corrected chi connectivity index (χ4v) is 5.00. The second-order valence-electron chi connectivity index (χ2n) is 10.1. The van der Waals surface area contributed by atoms with Crippen LogP contribution in [0.25, 0.3) is 0 Å². The van der Waals surface area contributed by atoms with Crippen molar-refractivity contribution in [3.8, 4) is 0 Å². The number of allylic oxidation sites excluding steroid dienone is 3. The summed E-state index contributed by atoms with van der Waals surface area (Å²) in [5, 5.41) is 17.5. The minimum absolute atomic E-state index is 0.00795. The van der Waals surface area contributed by atoms with Gasteiger partial charge in [-0.2, -0.15) is 0 Å². The smallest absolute Gasteiger partial charge is 0.269 e. The number of nitrogens with one attached hydrogen (secondary N) is 2. The van der Waals surface area contributed by atoms with Gasteiger partial charge in [0.25, 0.3) is 11.6 Å². The maximum absolute atomic E-state index is 13.6. The lowest BCUT2D eigenvalue weighted by atomic mass is 9.68. The first-order valence-electron chi connectivity index (χ1n) is 11.3. The number of nitrogens with zero attached hydrogens (tertiary/aromatic N) is 1. The molecule has 1 amide bonds. The number of carbonyl (C=O) groups is 2. The van der Waals surface area contributed by atoms with Gasteiger partial charge in [-0.3, -0.25) is 19.7 Å². The molecule has 0 spiro atoms. The van der Waals surface area contributed by atoms with E-state index in [4.69, 9.17) is 0 Å². The van der Waals surface area contributed by atoms with Crippen molar-refractivity contribution in [1.29, 1.82) is 0 Å². The molecule has 0 saturated carbocycles. The van der Waals surface area contributed by atoms with Crippen LogP contribution in [0.2, 0.25) is 0 Å². The van der Waals surface area contributed by atoms with E-state index in [-0.39, 0.29) is 22.8 Å². The maximum Gasteiger partial charge on any atom is 0.269 e. The van der Waals surface area contributed by atoms with Gasteiger partial charge in [0.15, 0.2) is 5.78 Å². The molecule has 1 atom stereocenters. The molecule has 2 aromatic carbocycles. The number of anilines is 1. The zero-order valence-corrected chi connectivity index (χ0v) is 20.1. The average Bonchev–Trinajstić information content (AvgIpc) is 2.73. The predicted octanol–water partition coefficient (Wildman–Crippen LogP) is 5.45. The molecule has 0 unspecified atom stereocenters. The van der Waals surface area contributed by atoms with Crippen LogP contribution in [0, 0.1) is 29.4 Å². The maximum atomic E-state index is 13.6. The third-order valence-corrected chi connectivity index (χ3v) is 6.55. The highest BCUT2D eigenvalue weighted by molar-refractivity contribution is 6.10.